The number of anilines is 2. The van der Waals surface area contributed by atoms with Crippen LogP contribution in [0.2, 0.25) is 5.02 Å². The molecule has 1 heterocycles. The molecule has 0 radical (unpaired) electrons. The lowest BCUT2D eigenvalue weighted by atomic mass is 10.0. The van der Waals surface area contributed by atoms with Gasteiger partial charge in [0.05, 0.1) is 22.4 Å². The highest BCUT2D eigenvalue weighted by atomic mass is 35.5. The molecule has 0 spiro atoms. The van der Waals surface area contributed by atoms with Crippen LogP contribution in [-0.4, -0.2) is 62.8 Å². The van der Waals surface area contributed by atoms with E-state index in [4.69, 9.17) is 21.1 Å². The number of carbonyl (C=O) groups excluding carboxylic acids is 2. The van der Waals surface area contributed by atoms with Crippen LogP contribution in [-0.2, 0) is 4.74 Å². The molecule has 178 valence electrons. The van der Waals surface area contributed by atoms with Gasteiger partial charge in [-0.3, -0.25) is 4.79 Å². The number of halogens is 1. The first-order valence-electron chi connectivity index (χ1n) is 10.9. The summed E-state index contributed by atoms with van der Waals surface area (Å²) in [6.45, 7) is 5.70. The molecule has 3 atom stereocenters. The van der Waals surface area contributed by atoms with Crippen LogP contribution in [0.3, 0.4) is 0 Å². The van der Waals surface area contributed by atoms with E-state index >= 15 is 0 Å². The van der Waals surface area contributed by atoms with E-state index in [1.807, 2.05) is 6.92 Å². The van der Waals surface area contributed by atoms with Crippen LogP contribution in [0.15, 0.2) is 42.5 Å². The molecule has 0 saturated heterocycles. The Morgan fingerprint density at radius 3 is 2.70 bits per heavy atom. The summed E-state index contributed by atoms with van der Waals surface area (Å²) in [5.74, 6) is 0.448. The summed E-state index contributed by atoms with van der Waals surface area (Å²) in [6, 6.07) is 11.6. The Balaban J connectivity index is 1.83. The summed E-state index contributed by atoms with van der Waals surface area (Å²) in [5, 5.41) is 9.34. The predicted octanol–water partition coefficient (Wildman–Crippen LogP) is 4.08. The van der Waals surface area contributed by atoms with Gasteiger partial charge >= 0.3 is 6.03 Å². The van der Waals surface area contributed by atoms with E-state index in [1.54, 1.807) is 61.5 Å². The van der Waals surface area contributed by atoms with Gasteiger partial charge in [0.2, 0.25) is 0 Å². The number of fused-ring (bicyclic) bond motifs is 1. The zero-order valence-electron chi connectivity index (χ0n) is 19.4. The van der Waals surface area contributed by atoms with E-state index < -0.39 is 6.03 Å². The largest absolute Gasteiger partial charge is 0.491 e. The highest BCUT2D eigenvalue weighted by molar-refractivity contribution is 6.33. The molecule has 3 amide bonds. The molecule has 0 aliphatic carbocycles. The molecule has 0 fully saturated rings. The number of para-hydroxylation sites is 1. The summed E-state index contributed by atoms with van der Waals surface area (Å²) < 4.78 is 11.6. The number of hydrogen-bond acceptors (Lipinski definition) is 5. The van der Waals surface area contributed by atoms with Crippen molar-refractivity contribution in [3.05, 3.63) is 53.1 Å². The van der Waals surface area contributed by atoms with Gasteiger partial charge in [0.1, 0.15) is 12.4 Å². The molecule has 1 aliphatic heterocycles. The molecule has 33 heavy (non-hydrogen) atoms. The summed E-state index contributed by atoms with van der Waals surface area (Å²) in [6.07, 6.45) is -0.120. The molecule has 0 bridgehead atoms. The highest BCUT2D eigenvalue weighted by Crippen LogP contribution is 2.26. The Bertz CT molecular complexity index is 987. The van der Waals surface area contributed by atoms with E-state index in [0.29, 0.717) is 40.9 Å². The molecule has 0 unspecified atom stereocenters. The average molecular weight is 475 g/mol. The minimum Gasteiger partial charge on any atom is -0.491 e. The van der Waals surface area contributed by atoms with Crippen LogP contribution in [0.1, 0.15) is 24.2 Å². The van der Waals surface area contributed by atoms with E-state index in [0.717, 1.165) is 6.54 Å². The first kappa shape index (κ1) is 24.8. The Labute approximate surface area is 199 Å². The maximum absolute atomic E-state index is 13.3. The molecule has 1 aliphatic rings. The SMILES string of the molecule is CO[C@H]1CN(C)C(=O)c2cc(NC(=O)Nc3ccccc3Cl)ccc2OC[C@@H](C)NC[C@@H]1C. The second-order valence-electron chi connectivity index (χ2n) is 8.33. The third kappa shape index (κ3) is 6.60. The maximum atomic E-state index is 13.3. The zero-order valence-corrected chi connectivity index (χ0v) is 20.1. The number of rotatable bonds is 3. The van der Waals surface area contributed by atoms with Crippen LogP contribution in [0, 0.1) is 5.92 Å². The van der Waals surface area contributed by atoms with Gasteiger partial charge in [0, 0.05) is 39.0 Å². The number of methoxy groups -OCH3 is 1. The molecule has 3 rings (SSSR count). The first-order chi connectivity index (χ1) is 15.8. The summed E-state index contributed by atoms with van der Waals surface area (Å²) in [5.41, 5.74) is 1.31. The van der Waals surface area contributed by atoms with Crippen LogP contribution in [0.4, 0.5) is 16.2 Å². The van der Waals surface area contributed by atoms with Crippen molar-refractivity contribution in [1.82, 2.24) is 10.2 Å². The standard InChI is InChI=1S/C24H31ClN4O4/c1-15-12-26-16(2)14-33-21-10-9-17(11-18(21)23(30)29(3)13-22(15)32-4)27-24(31)28-20-8-6-5-7-19(20)25/h5-11,15-16,22,26H,12-14H2,1-4H3,(H2,27,28,31)/t15-,16+,22-/m0/s1. The fourth-order valence-corrected chi connectivity index (χ4v) is 3.77. The van der Waals surface area contributed by atoms with E-state index in [-0.39, 0.29) is 24.0 Å². The molecule has 2 aromatic rings. The third-order valence-corrected chi connectivity index (χ3v) is 5.93. The number of nitrogens with zero attached hydrogens (tertiary/aromatic N) is 1. The number of amides is 3. The van der Waals surface area contributed by atoms with E-state index in [9.17, 15) is 9.59 Å². The summed E-state index contributed by atoms with van der Waals surface area (Å²) >= 11 is 6.11. The molecular weight excluding hydrogens is 444 g/mol. The second kappa shape index (κ2) is 11.4. The van der Waals surface area contributed by atoms with E-state index in [1.165, 1.54) is 0 Å². The Morgan fingerprint density at radius 2 is 1.97 bits per heavy atom. The van der Waals surface area contributed by atoms with Crippen LogP contribution < -0.4 is 20.7 Å². The van der Waals surface area contributed by atoms with Gasteiger partial charge in [0.25, 0.3) is 5.91 Å². The smallest absolute Gasteiger partial charge is 0.323 e. The van der Waals surface area contributed by atoms with Crippen molar-refractivity contribution in [2.24, 2.45) is 5.92 Å². The lowest BCUT2D eigenvalue weighted by Gasteiger charge is -2.30. The van der Waals surface area contributed by atoms with Crippen molar-refractivity contribution >= 4 is 34.9 Å². The molecule has 9 heteroatoms. The molecule has 0 aromatic heterocycles. The van der Waals surface area contributed by atoms with Crippen molar-refractivity contribution in [1.29, 1.82) is 0 Å². The van der Waals surface area contributed by atoms with Crippen LogP contribution >= 0.6 is 11.6 Å². The predicted molar refractivity (Wildman–Crippen MR) is 130 cm³/mol. The fourth-order valence-electron chi connectivity index (χ4n) is 3.59. The van der Waals surface area contributed by atoms with Crippen molar-refractivity contribution in [2.45, 2.75) is 26.0 Å². The zero-order chi connectivity index (χ0) is 24.0. The van der Waals surface area contributed by atoms with Gasteiger partial charge in [-0.05, 0) is 43.2 Å². The number of likely N-dealkylation sites (N-methyl/N-ethyl adjacent to an activating group) is 1. The van der Waals surface area contributed by atoms with Gasteiger partial charge in [-0.1, -0.05) is 30.7 Å². The first-order valence-corrected chi connectivity index (χ1v) is 11.3. The number of nitrogens with one attached hydrogen (secondary N) is 3. The fraction of sp³-hybridized carbons (Fsp3) is 0.417. The van der Waals surface area contributed by atoms with Crippen molar-refractivity contribution in [3.63, 3.8) is 0 Å². The van der Waals surface area contributed by atoms with Crippen molar-refractivity contribution in [3.8, 4) is 5.75 Å². The Morgan fingerprint density at radius 1 is 1.21 bits per heavy atom. The van der Waals surface area contributed by atoms with E-state index in [2.05, 4.69) is 22.9 Å². The van der Waals surface area contributed by atoms with Crippen molar-refractivity contribution in [2.75, 3.05) is 44.5 Å². The minimum atomic E-state index is -0.469. The monoisotopic (exact) mass is 474 g/mol. The lowest BCUT2D eigenvalue weighted by Crippen LogP contribution is -2.44. The Kier molecular flexibility index (Phi) is 8.55. The number of hydrogen-bond donors (Lipinski definition) is 3. The normalized spacial score (nSPS) is 21.8. The Hall–Kier alpha value is -2.81. The van der Waals surface area contributed by atoms with Gasteiger partial charge < -0.3 is 30.3 Å². The highest BCUT2D eigenvalue weighted by Gasteiger charge is 2.25. The third-order valence-electron chi connectivity index (χ3n) is 5.60. The van der Waals surface area contributed by atoms with Gasteiger partial charge in [-0.15, -0.1) is 0 Å². The number of carbonyl (C=O) groups is 2. The van der Waals surface area contributed by atoms with Gasteiger partial charge in [0.15, 0.2) is 0 Å². The molecule has 3 N–H and O–H groups in total. The van der Waals surface area contributed by atoms with Gasteiger partial charge in [-0.2, -0.15) is 0 Å². The van der Waals surface area contributed by atoms with Crippen molar-refractivity contribution < 1.29 is 19.1 Å². The second-order valence-corrected chi connectivity index (χ2v) is 8.73. The summed E-state index contributed by atoms with van der Waals surface area (Å²) in [4.78, 5) is 27.4. The quantitative estimate of drug-likeness (QED) is 0.623. The number of urea groups is 1. The molecule has 0 saturated carbocycles. The number of benzene rings is 2. The van der Waals surface area contributed by atoms with Gasteiger partial charge in [-0.25, -0.2) is 4.79 Å². The van der Waals surface area contributed by atoms with Crippen LogP contribution in [0.5, 0.6) is 5.75 Å². The lowest BCUT2D eigenvalue weighted by molar-refractivity contribution is 0.0281. The molecular formula is C24H31ClN4O4. The topological polar surface area (TPSA) is 91.9 Å². The summed E-state index contributed by atoms with van der Waals surface area (Å²) in [7, 11) is 3.39. The van der Waals surface area contributed by atoms with Crippen LogP contribution in [0.25, 0.3) is 0 Å². The minimum absolute atomic E-state index is 0.0873. The molecule has 8 nitrogen and oxygen atoms in total. The number of ether oxygens (including phenoxy) is 2. The molecule has 2 aromatic carbocycles. The average Bonchev–Trinajstić information content (AvgIpc) is 2.80. The maximum Gasteiger partial charge on any atom is 0.323 e.